The van der Waals surface area contributed by atoms with E-state index in [-0.39, 0.29) is 11.7 Å². The van der Waals surface area contributed by atoms with Crippen molar-refractivity contribution in [3.8, 4) is 0 Å². The largest absolute Gasteiger partial charge is 0.312 e. The van der Waals surface area contributed by atoms with E-state index in [1.165, 1.54) is 5.56 Å². The highest BCUT2D eigenvalue weighted by Crippen LogP contribution is 2.22. The molecule has 0 radical (unpaired) electrons. The molecule has 0 saturated carbocycles. The Morgan fingerprint density at radius 1 is 1.13 bits per heavy atom. The van der Waals surface area contributed by atoms with Gasteiger partial charge in [0.2, 0.25) is 5.91 Å². The minimum atomic E-state index is -0.0564. The van der Waals surface area contributed by atoms with Crippen LogP contribution in [0.2, 0.25) is 0 Å². The summed E-state index contributed by atoms with van der Waals surface area (Å²) >= 11 is 0. The molecule has 0 unspecified atom stereocenters. The number of benzene rings is 2. The molecule has 0 aliphatic carbocycles. The summed E-state index contributed by atoms with van der Waals surface area (Å²) in [6.07, 6.45) is 4.86. The zero-order valence-corrected chi connectivity index (χ0v) is 13.2. The Morgan fingerprint density at radius 3 is 2.61 bits per heavy atom. The van der Waals surface area contributed by atoms with Crippen LogP contribution in [0.15, 0.2) is 54.6 Å². The Kier molecular flexibility index (Phi) is 4.38. The zero-order chi connectivity index (χ0) is 16.2. The number of anilines is 1. The highest BCUT2D eigenvalue weighted by molar-refractivity contribution is 6.08. The lowest BCUT2D eigenvalue weighted by Crippen LogP contribution is -2.23. The van der Waals surface area contributed by atoms with Crippen molar-refractivity contribution < 1.29 is 9.59 Å². The second-order valence-corrected chi connectivity index (χ2v) is 5.81. The van der Waals surface area contributed by atoms with Gasteiger partial charge in [-0.1, -0.05) is 48.0 Å². The first-order valence-corrected chi connectivity index (χ1v) is 7.83. The number of rotatable bonds is 4. The monoisotopic (exact) mass is 305 g/mol. The van der Waals surface area contributed by atoms with Crippen molar-refractivity contribution >= 4 is 23.5 Å². The second kappa shape index (κ2) is 6.61. The number of hydrogen-bond acceptors (Lipinski definition) is 2. The first-order chi connectivity index (χ1) is 11.1. The first-order valence-electron chi connectivity index (χ1n) is 7.83. The third kappa shape index (κ3) is 3.57. The van der Waals surface area contributed by atoms with E-state index in [1.807, 2.05) is 49.4 Å². The topological polar surface area (TPSA) is 37.4 Å². The standard InChI is InChI=1S/C20H19NO2/c1-15-7-9-16(10-8-15)11-12-19(22)17-4-2-5-18(14-17)21-13-3-6-20(21)23/h2,4-5,7-12,14H,3,6,13H2,1H3/b12-11+. The summed E-state index contributed by atoms with van der Waals surface area (Å²) < 4.78 is 0. The summed E-state index contributed by atoms with van der Waals surface area (Å²) in [5, 5.41) is 0. The summed E-state index contributed by atoms with van der Waals surface area (Å²) in [4.78, 5) is 25.9. The molecule has 1 aliphatic heterocycles. The van der Waals surface area contributed by atoms with Gasteiger partial charge in [0.15, 0.2) is 5.78 Å². The molecule has 3 nitrogen and oxygen atoms in total. The number of aryl methyl sites for hydroxylation is 1. The molecule has 3 rings (SSSR count). The van der Waals surface area contributed by atoms with Gasteiger partial charge in [0, 0.05) is 24.2 Å². The first kappa shape index (κ1) is 15.2. The van der Waals surface area contributed by atoms with Crippen LogP contribution in [-0.2, 0) is 4.79 Å². The highest BCUT2D eigenvalue weighted by Gasteiger charge is 2.21. The molecule has 1 amide bonds. The number of amides is 1. The fraction of sp³-hybridized carbons (Fsp3) is 0.200. The molecule has 0 spiro atoms. The Hall–Kier alpha value is -2.68. The van der Waals surface area contributed by atoms with Crippen molar-refractivity contribution in [1.82, 2.24) is 0 Å². The van der Waals surface area contributed by atoms with Crippen molar-refractivity contribution in [3.05, 3.63) is 71.3 Å². The van der Waals surface area contributed by atoms with E-state index in [2.05, 4.69) is 0 Å². The molecule has 2 aromatic rings. The molecular weight excluding hydrogens is 286 g/mol. The quantitative estimate of drug-likeness (QED) is 0.632. The predicted molar refractivity (Wildman–Crippen MR) is 92.6 cm³/mol. The number of carbonyl (C=O) groups excluding carboxylic acids is 2. The summed E-state index contributed by atoms with van der Waals surface area (Å²) in [6.45, 7) is 2.76. The van der Waals surface area contributed by atoms with E-state index in [9.17, 15) is 9.59 Å². The number of nitrogens with zero attached hydrogens (tertiary/aromatic N) is 1. The van der Waals surface area contributed by atoms with Crippen molar-refractivity contribution in [3.63, 3.8) is 0 Å². The minimum absolute atomic E-state index is 0.0564. The van der Waals surface area contributed by atoms with Crippen LogP contribution in [0.1, 0.15) is 34.3 Å². The molecule has 3 heteroatoms. The van der Waals surface area contributed by atoms with Crippen LogP contribution in [0.3, 0.4) is 0 Å². The minimum Gasteiger partial charge on any atom is -0.312 e. The summed E-state index contributed by atoms with van der Waals surface area (Å²) in [6, 6.07) is 15.3. The predicted octanol–water partition coefficient (Wildman–Crippen LogP) is 4.02. The van der Waals surface area contributed by atoms with Crippen LogP contribution < -0.4 is 4.90 Å². The molecular formula is C20H19NO2. The molecule has 1 fully saturated rings. The lowest BCUT2D eigenvalue weighted by atomic mass is 10.1. The SMILES string of the molecule is Cc1ccc(/C=C/C(=O)c2cccc(N3CCCC3=O)c2)cc1. The van der Waals surface area contributed by atoms with Crippen molar-refractivity contribution in [2.24, 2.45) is 0 Å². The lowest BCUT2D eigenvalue weighted by molar-refractivity contribution is -0.117. The van der Waals surface area contributed by atoms with Gasteiger partial charge in [-0.15, -0.1) is 0 Å². The number of hydrogen-bond donors (Lipinski definition) is 0. The van der Waals surface area contributed by atoms with Crippen LogP contribution in [0.25, 0.3) is 6.08 Å². The molecule has 1 saturated heterocycles. The molecule has 116 valence electrons. The van der Waals surface area contributed by atoms with Crippen LogP contribution in [0.5, 0.6) is 0 Å². The van der Waals surface area contributed by atoms with Crippen LogP contribution >= 0.6 is 0 Å². The van der Waals surface area contributed by atoms with Gasteiger partial charge >= 0.3 is 0 Å². The van der Waals surface area contributed by atoms with Gasteiger partial charge in [0.05, 0.1) is 0 Å². The van der Waals surface area contributed by atoms with Gasteiger partial charge in [-0.3, -0.25) is 9.59 Å². The maximum Gasteiger partial charge on any atom is 0.227 e. The summed E-state index contributed by atoms with van der Waals surface area (Å²) in [7, 11) is 0. The Labute approximate surface area is 136 Å². The maximum absolute atomic E-state index is 12.3. The third-order valence-corrected chi connectivity index (χ3v) is 4.02. The zero-order valence-electron chi connectivity index (χ0n) is 13.2. The molecule has 0 aromatic heterocycles. The van der Waals surface area contributed by atoms with E-state index in [0.717, 1.165) is 24.2 Å². The fourth-order valence-electron chi connectivity index (χ4n) is 2.69. The van der Waals surface area contributed by atoms with Crippen LogP contribution in [-0.4, -0.2) is 18.2 Å². The van der Waals surface area contributed by atoms with Gasteiger partial charge in [0.1, 0.15) is 0 Å². The molecule has 23 heavy (non-hydrogen) atoms. The molecule has 0 bridgehead atoms. The van der Waals surface area contributed by atoms with Crippen molar-refractivity contribution in [2.75, 3.05) is 11.4 Å². The van der Waals surface area contributed by atoms with E-state index in [1.54, 1.807) is 23.1 Å². The van der Waals surface area contributed by atoms with Gasteiger partial charge in [-0.05, 0) is 37.1 Å². The smallest absolute Gasteiger partial charge is 0.227 e. The van der Waals surface area contributed by atoms with Crippen LogP contribution in [0.4, 0.5) is 5.69 Å². The Balaban J connectivity index is 1.77. The fourth-order valence-corrected chi connectivity index (χ4v) is 2.69. The van der Waals surface area contributed by atoms with Crippen molar-refractivity contribution in [2.45, 2.75) is 19.8 Å². The third-order valence-electron chi connectivity index (χ3n) is 4.02. The molecule has 1 heterocycles. The molecule has 0 N–H and O–H groups in total. The summed E-state index contributed by atoms with van der Waals surface area (Å²) in [5.74, 6) is 0.0730. The van der Waals surface area contributed by atoms with Gasteiger partial charge in [-0.2, -0.15) is 0 Å². The maximum atomic E-state index is 12.3. The second-order valence-electron chi connectivity index (χ2n) is 5.81. The molecule has 0 atom stereocenters. The average molecular weight is 305 g/mol. The number of allylic oxidation sites excluding steroid dienone is 1. The lowest BCUT2D eigenvalue weighted by Gasteiger charge is -2.16. The van der Waals surface area contributed by atoms with Gasteiger partial charge < -0.3 is 4.90 Å². The summed E-state index contributed by atoms with van der Waals surface area (Å²) in [5.41, 5.74) is 3.60. The van der Waals surface area contributed by atoms with E-state index < -0.39 is 0 Å². The van der Waals surface area contributed by atoms with E-state index in [0.29, 0.717) is 12.0 Å². The highest BCUT2D eigenvalue weighted by atomic mass is 16.2. The van der Waals surface area contributed by atoms with Crippen molar-refractivity contribution in [1.29, 1.82) is 0 Å². The Morgan fingerprint density at radius 2 is 1.91 bits per heavy atom. The molecule has 2 aromatic carbocycles. The van der Waals surface area contributed by atoms with E-state index in [4.69, 9.17) is 0 Å². The van der Waals surface area contributed by atoms with Crippen LogP contribution in [0, 0.1) is 6.92 Å². The van der Waals surface area contributed by atoms with Gasteiger partial charge in [0.25, 0.3) is 0 Å². The normalized spacial score (nSPS) is 14.7. The molecule has 1 aliphatic rings. The average Bonchev–Trinajstić information content (AvgIpc) is 3.00. The van der Waals surface area contributed by atoms with E-state index >= 15 is 0 Å². The number of ketones is 1. The Bertz CT molecular complexity index is 759. The number of carbonyl (C=O) groups is 2. The van der Waals surface area contributed by atoms with Gasteiger partial charge in [-0.25, -0.2) is 0 Å².